The van der Waals surface area contributed by atoms with Crippen LogP contribution >= 0.6 is 0 Å². The Morgan fingerprint density at radius 1 is 1.42 bits per heavy atom. The Morgan fingerprint density at radius 3 is 2.79 bits per heavy atom. The van der Waals surface area contributed by atoms with Crippen LogP contribution in [0.25, 0.3) is 0 Å². The number of allylic oxidation sites excluding steroid dienone is 6. The molecule has 102 valence electrons. The second-order valence-corrected chi connectivity index (χ2v) is 5.73. The zero-order chi connectivity index (χ0) is 13.7. The summed E-state index contributed by atoms with van der Waals surface area (Å²) in [5, 5.41) is 9.11. The van der Waals surface area contributed by atoms with Crippen molar-refractivity contribution >= 4 is 0 Å². The monoisotopic (exact) mass is 259 g/mol. The summed E-state index contributed by atoms with van der Waals surface area (Å²) < 4.78 is 13.3. The van der Waals surface area contributed by atoms with Gasteiger partial charge in [-0.25, -0.2) is 4.39 Å². The standard InChI is InChI=1S/C17H22FN/c1-14(18)15-6-4-8-16(9-5-7-15)17(12-13-19)10-2-3-11-17/h4,6-8,14H,2-3,5,9-12H2,1H3/b6-4?,15-7?,16-8+. The van der Waals surface area contributed by atoms with Gasteiger partial charge in [0.2, 0.25) is 0 Å². The van der Waals surface area contributed by atoms with Crippen molar-refractivity contribution in [3.05, 3.63) is 35.5 Å². The highest BCUT2D eigenvalue weighted by atomic mass is 19.1. The van der Waals surface area contributed by atoms with Crippen LogP contribution in [-0.2, 0) is 0 Å². The highest BCUT2D eigenvalue weighted by Crippen LogP contribution is 2.48. The zero-order valence-corrected chi connectivity index (χ0v) is 11.7. The first-order chi connectivity index (χ1) is 9.18. The lowest BCUT2D eigenvalue weighted by Crippen LogP contribution is -2.19. The first-order valence-corrected chi connectivity index (χ1v) is 7.27. The molecule has 2 rings (SSSR count). The first kappa shape index (κ1) is 14.1. The van der Waals surface area contributed by atoms with E-state index in [0.717, 1.165) is 31.3 Å². The molecule has 0 aromatic carbocycles. The fraction of sp³-hybridized carbons (Fsp3) is 0.588. The van der Waals surface area contributed by atoms with E-state index >= 15 is 0 Å². The average Bonchev–Trinajstić information content (AvgIpc) is 2.78. The molecule has 0 bridgehead atoms. The van der Waals surface area contributed by atoms with E-state index in [9.17, 15) is 4.39 Å². The number of alkyl halides is 1. The average molecular weight is 259 g/mol. The van der Waals surface area contributed by atoms with Crippen molar-refractivity contribution in [1.82, 2.24) is 0 Å². The molecule has 0 spiro atoms. The van der Waals surface area contributed by atoms with Gasteiger partial charge < -0.3 is 0 Å². The van der Waals surface area contributed by atoms with Gasteiger partial charge in [0.25, 0.3) is 0 Å². The van der Waals surface area contributed by atoms with E-state index in [1.54, 1.807) is 6.92 Å². The maximum absolute atomic E-state index is 13.3. The Kier molecular flexibility index (Phi) is 4.58. The van der Waals surface area contributed by atoms with E-state index in [2.05, 4.69) is 12.1 Å². The zero-order valence-electron chi connectivity index (χ0n) is 11.7. The van der Waals surface area contributed by atoms with Crippen molar-refractivity contribution in [3.63, 3.8) is 0 Å². The van der Waals surface area contributed by atoms with Crippen LogP contribution in [0.4, 0.5) is 4.39 Å². The summed E-state index contributed by atoms with van der Waals surface area (Å²) in [5.74, 6) is 0. The van der Waals surface area contributed by atoms with Crippen LogP contribution in [0.3, 0.4) is 0 Å². The fourth-order valence-electron chi connectivity index (χ4n) is 3.37. The third-order valence-corrected chi connectivity index (χ3v) is 4.50. The summed E-state index contributed by atoms with van der Waals surface area (Å²) in [5.41, 5.74) is 2.27. The van der Waals surface area contributed by atoms with Gasteiger partial charge in [-0.3, -0.25) is 0 Å². The Bertz CT molecular complexity index is 442. The van der Waals surface area contributed by atoms with Crippen molar-refractivity contribution in [1.29, 1.82) is 5.26 Å². The highest BCUT2D eigenvalue weighted by molar-refractivity contribution is 5.32. The van der Waals surface area contributed by atoms with Crippen molar-refractivity contribution in [2.75, 3.05) is 0 Å². The lowest BCUT2D eigenvalue weighted by Gasteiger charge is -2.30. The Hall–Kier alpha value is -1.36. The maximum Gasteiger partial charge on any atom is 0.122 e. The molecule has 2 heteroatoms. The molecule has 0 heterocycles. The Balaban J connectivity index is 2.20. The Labute approximate surface area is 115 Å². The highest BCUT2D eigenvalue weighted by Gasteiger charge is 2.36. The normalized spacial score (nSPS) is 26.6. The van der Waals surface area contributed by atoms with Gasteiger partial charge in [-0.15, -0.1) is 0 Å². The molecular formula is C17H22FN. The molecule has 1 unspecified atom stereocenters. The third kappa shape index (κ3) is 3.15. The largest absolute Gasteiger partial charge is 0.243 e. The smallest absolute Gasteiger partial charge is 0.122 e. The molecule has 1 atom stereocenters. The SMILES string of the molecule is CC(F)C1=CCC/C(C2(CC#N)CCCC2)=C\C=C1. The van der Waals surface area contributed by atoms with Gasteiger partial charge >= 0.3 is 0 Å². The minimum atomic E-state index is -0.897. The topological polar surface area (TPSA) is 23.8 Å². The molecule has 0 amide bonds. The maximum atomic E-state index is 13.3. The van der Waals surface area contributed by atoms with Crippen LogP contribution in [-0.4, -0.2) is 6.17 Å². The van der Waals surface area contributed by atoms with E-state index in [0.29, 0.717) is 6.42 Å². The molecule has 1 saturated carbocycles. The molecule has 0 N–H and O–H groups in total. The van der Waals surface area contributed by atoms with Crippen LogP contribution < -0.4 is 0 Å². The number of hydrogen-bond donors (Lipinski definition) is 0. The van der Waals surface area contributed by atoms with E-state index in [4.69, 9.17) is 5.26 Å². The van der Waals surface area contributed by atoms with Crippen LogP contribution in [0.2, 0.25) is 0 Å². The molecule has 2 aliphatic rings. The lowest BCUT2D eigenvalue weighted by atomic mass is 9.73. The van der Waals surface area contributed by atoms with E-state index in [1.165, 1.54) is 18.4 Å². The van der Waals surface area contributed by atoms with Crippen molar-refractivity contribution in [2.45, 2.75) is 58.0 Å². The molecule has 0 aliphatic heterocycles. The minimum Gasteiger partial charge on any atom is -0.243 e. The van der Waals surface area contributed by atoms with E-state index < -0.39 is 6.17 Å². The second-order valence-electron chi connectivity index (χ2n) is 5.73. The van der Waals surface area contributed by atoms with Crippen LogP contribution in [0.1, 0.15) is 51.9 Å². The molecular weight excluding hydrogens is 237 g/mol. The van der Waals surface area contributed by atoms with E-state index in [1.807, 2.05) is 18.2 Å². The molecule has 1 fully saturated rings. The van der Waals surface area contributed by atoms with Gasteiger partial charge in [0.05, 0.1) is 6.07 Å². The number of rotatable bonds is 3. The van der Waals surface area contributed by atoms with Gasteiger partial charge in [-0.1, -0.05) is 42.7 Å². The third-order valence-electron chi connectivity index (χ3n) is 4.50. The number of halogens is 1. The summed E-state index contributed by atoms with van der Waals surface area (Å²) in [4.78, 5) is 0. The summed E-state index contributed by atoms with van der Waals surface area (Å²) >= 11 is 0. The van der Waals surface area contributed by atoms with Crippen LogP contribution in [0.5, 0.6) is 0 Å². The predicted molar refractivity (Wildman–Crippen MR) is 76.2 cm³/mol. The van der Waals surface area contributed by atoms with Gasteiger partial charge in [-0.05, 0) is 38.2 Å². The van der Waals surface area contributed by atoms with E-state index in [-0.39, 0.29) is 5.41 Å². The molecule has 0 aromatic rings. The van der Waals surface area contributed by atoms with Crippen molar-refractivity contribution in [2.24, 2.45) is 5.41 Å². The minimum absolute atomic E-state index is 0.103. The molecule has 1 nitrogen and oxygen atoms in total. The van der Waals surface area contributed by atoms with Gasteiger partial charge in [0.15, 0.2) is 0 Å². The number of hydrogen-bond acceptors (Lipinski definition) is 1. The number of nitriles is 1. The summed E-state index contributed by atoms with van der Waals surface area (Å²) in [7, 11) is 0. The second kappa shape index (κ2) is 6.19. The molecule has 0 saturated heterocycles. The van der Waals surface area contributed by atoms with Crippen LogP contribution in [0.15, 0.2) is 35.5 Å². The van der Waals surface area contributed by atoms with Crippen molar-refractivity contribution < 1.29 is 4.39 Å². The summed E-state index contributed by atoms with van der Waals surface area (Å²) in [6.07, 6.45) is 14.3. The summed E-state index contributed by atoms with van der Waals surface area (Å²) in [6.45, 7) is 1.58. The lowest BCUT2D eigenvalue weighted by molar-refractivity contribution is 0.364. The quantitative estimate of drug-likeness (QED) is 0.698. The summed E-state index contributed by atoms with van der Waals surface area (Å²) in [6, 6.07) is 2.37. The predicted octanol–water partition coefficient (Wildman–Crippen LogP) is 5.02. The Morgan fingerprint density at radius 2 is 2.16 bits per heavy atom. The molecule has 0 aromatic heterocycles. The molecule has 19 heavy (non-hydrogen) atoms. The van der Waals surface area contributed by atoms with Crippen molar-refractivity contribution in [3.8, 4) is 6.07 Å². The molecule has 0 radical (unpaired) electrons. The molecule has 2 aliphatic carbocycles. The van der Waals surface area contributed by atoms with Gasteiger partial charge in [0.1, 0.15) is 6.17 Å². The number of nitrogens with zero attached hydrogens (tertiary/aromatic N) is 1. The van der Waals surface area contributed by atoms with Gasteiger partial charge in [-0.2, -0.15) is 5.26 Å². The van der Waals surface area contributed by atoms with Gasteiger partial charge in [0, 0.05) is 11.8 Å². The van der Waals surface area contributed by atoms with Crippen LogP contribution in [0, 0.1) is 16.7 Å². The fourth-order valence-corrected chi connectivity index (χ4v) is 3.37. The first-order valence-electron chi connectivity index (χ1n) is 7.27.